The second-order valence-electron chi connectivity index (χ2n) is 4.53. The van der Waals surface area contributed by atoms with Crippen LogP contribution in [0.25, 0.3) is 0 Å². The number of benzene rings is 1. The van der Waals surface area contributed by atoms with Gasteiger partial charge in [-0.1, -0.05) is 12.1 Å². The van der Waals surface area contributed by atoms with Crippen LogP contribution in [0.5, 0.6) is 5.75 Å². The van der Waals surface area contributed by atoms with Gasteiger partial charge in [0.2, 0.25) is 0 Å². The van der Waals surface area contributed by atoms with Crippen LogP contribution in [-0.4, -0.2) is 37.6 Å². The van der Waals surface area contributed by atoms with Crippen molar-refractivity contribution >= 4 is 0 Å². The second kappa shape index (κ2) is 5.65. The van der Waals surface area contributed by atoms with E-state index in [4.69, 9.17) is 9.47 Å². The number of rotatable bonds is 5. The van der Waals surface area contributed by atoms with E-state index in [-0.39, 0.29) is 18.2 Å². The fourth-order valence-corrected chi connectivity index (χ4v) is 2.06. The van der Waals surface area contributed by atoms with E-state index >= 15 is 0 Å². The topological polar surface area (TPSA) is 50.7 Å². The molecule has 0 aliphatic carbocycles. The van der Waals surface area contributed by atoms with Gasteiger partial charge in [-0.2, -0.15) is 0 Å². The number of aliphatic hydroxyl groups is 1. The van der Waals surface area contributed by atoms with Crippen LogP contribution in [0, 0.1) is 5.82 Å². The van der Waals surface area contributed by atoms with Crippen LogP contribution >= 0.6 is 0 Å². The van der Waals surface area contributed by atoms with E-state index in [1.807, 2.05) is 0 Å². The Kier molecular flexibility index (Phi) is 4.16. The van der Waals surface area contributed by atoms with E-state index in [2.05, 4.69) is 5.32 Å². The van der Waals surface area contributed by atoms with Crippen LogP contribution in [0.4, 0.5) is 4.39 Å². The van der Waals surface area contributed by atoms with Gasteiger partial charge in [-0.3, -0.25) is 0 Å². The minimum Gasteiger partial charge on any atom is -0.494 e. The molecule has 1 aromatic rings. The molecule has 1 atom stereocenters. The van der Waals surface area contributed by atoms with Crippen molar-refractivity contribution in [1.29, 1.82) is 0 Å². The van der Waals surface area contributed by atoms with Gasteiger partial charge in [0.15, 0.2) is 11.6 Å². The van der Waals surface area contributed by atoms with Crippen molar-refractivity contribution in [3.8, 4) is 5.75 Å². The van der Waals surface area contributed by atoms with Gasteiger partial charge in [-0.15, -0.1) is 0 Å². The van der Waals surface area contributed by atoms with Crippen molar-refractivity contribution in [3.63, 3.8) is 0 Å². The Morgan fingerprint density at radius 2 is 2.39 bits per heavy atom. The lowest BCUT2D eigenvalue weighted by Gasteiger charge is -2.26. The molecule has 0 radical (unpaired) electrons. The normalized spacial score (nSPS) is 23.3. The van der Waals surface area contributed by atoms with Crippen LogP contribution in [0.1, 0.15) is 12.0 Å². The predicted octanol–water partition coefficient (Wildman–Crippen LogP) is 1.08. The third-order valence-corrected chi connectivity index (χ3v) is 3.32. The fraction of sp³-hybridized carbons (Fsp3) is 0.538. The molecule has 100 valence electrons. The largest absolute Gasteiger partial charge is 0.494 e. The first-order valence-corrected chi connectivity index (χ1v) is 5.96. The van der Waals surface area contributed by atoms with Gasteiger partial charge in [0.05, 0.1) is 25.9 Å². The molecule has 18 heavy (non-hydrogen) atoms. The molecule has 0 unspecified atom stereocenters. The quantitative estimate of drug-likeness (QED) is 0.826. The first-order valence-electron chi connectivity index (χ1n) is 5.96. The molecule has 0 saturated carbocycles. The summed E-state index contributed by atoms with van der Waals surface area (Å²) in [5.74, 6) is -0.130. The molecule has 2 N–H and O–H groups in total. The zero-order valence-electron chi connectivity index (χ0n) is 10.4. The third-order valence-electron chi connectivity index (χ3n) is 3.32. The molecular formula is C13H18FNO3. The molecule has 0 bridgehead atoms. The molecule has 0 aromatic heterocycles. The molecule has 1 aliphatic rings. The predicted molar refractivity (Wildman–Crippen MR) is 65.0 cm³/mol. The van der Waals surface area contributed by atoms with Crippen LogP contribution in [-0.2, 0) is 11.3 Å². The van der Waals surface area contributed by atoms with Gasteiger partial charge >= 0.3 is 0 Å². The molecule has 1 aromatic carbocycles. The number of hydrogen-bond acceptors (Lipinski definition) is 4. The smallest absolute Gasteiger partial charge is 0.169 e. The number of nitrogens with one attached hydrogen (secondary N) is 1. The van der Waals surface area contributed by atoms with Gasteiger partial charge in [-0.25, -0.2) is 4.39 Å². The highest BCUT2D eigenvalue weighted by atomic mass is 19.1. The lowest BCUT2D eigenvalue weighted by atomic mass is 9.99. The summed E-state index contributed by atoms with van der Waals surface area (Å²) >= 11 is 0. The first kappa shape index (κ1) is 13.3. The summed E-state index contributed by atoms with van der Waals surface area (Å²) in [6, 6.07) is 5.03. The lowest BCUT2D eigenvalue weighted by Crippen LogP contribution is -2.48. The van der Waals surface area contributed by atoms with Gasteiger partial charge < -0.3 is 19.9 Å². The van der Waals surface area contributed by atoms with Crippen LogP contribution < -0.4 is 10.1 Å². The number of ether oxygens (including phenoxy) is 2. The molecule has 1 saturated heterocycles. The Labute approximate surface area is 106 Å². The summed E-state index contributed by atoms with van der Waals surface area (Å²) in [5.41, 5.74) is 0.0734. The Balaban J connectivity index is 2.05. The SMILES string of the molecule is COc1cccc(CN[C@@]2(CO)CCOC2)c1F. The summed E-state index contributed by atoms with van der Waals surface area (Å²) < 4.78 is 24.1. The monoisotopic (exact) mass is 255 g/mol. The summed E-state index contributed by atoms with van der Waals surface area (Å²) in [6.45, 7) is 1.40. The van der Waals surface area contributed by atoms with Crippen molar-refractivity contribution in [3.05, 3.63) is 29.6 Å². The number of methoxy groups -OCH3 is 1. The summed E-state index contributed by atoms with van der Waals surface area (Å²) in [7, 11) is 1.44. The van der Waals surface area contributed by atoms with E-state index in [1.54, 1.807) is 18.2 Å². The standard InChI is InChI=1S/C13H18FNO3/c1-17-11-4-2-3-10(12(11)14)7-15-13(8-16)5-6-18-9-13/h2-4,15-16H,5-9H2,1H3/t13-/m1/s1. The van der Waals surface area contributed by atoms with Crippen molar-refractivity contribution in [2.75, 3.05) is 26.9 Å². The van der Waals surface area contributed by atoms with Gasteiger partial charge in [-0.05, 0) is 12.5 Å². The maximum atomic E-state index is 13.9. The van der Waals surface area contributed by atoms with E-state index in [1.165, 1.54) is 7.11 Å². The maximum absolute atomic E-state index is 13.9. The molecule has 0 spiro atoms. The van der Waals surface area contributed by atoms with E-state index < -0.39 is 5.54 Å². The zero-order chi connectivity index (χ0) is 13.0. The van der Waals surface area contributed by atoms with Crippen molar-refractivity contribution < 1.29 is 19.0 Å². The lowest BCUT2D eigenvalue weighted by molar-refractivity contribution is 0.120. The van der Waals surface area contributed by atoms with E-state index in [0.717, 1.165) is 6.42 Å². The number of aliphatic hydroxyl groups excluding tert-OH is 1. The Hall–Kier alpha value is -1.17. The summed E-state index contributed by atoms with van der Waals surface area (Å²) in [6.07, 6.45) is 0.731. The van der Waals surface area contributed by atoms with Gasteiger partial charge in [0.25, 0.3) is 0 Å². The fourth-order valence-electron chi connectivity index (χ4n) is 2.06. The van der Waals surface area contributed by atoms with Crippen molar-refractivity contribution in [2.24, 2.45) is 0 Å². The summed E-state index contributed by atoms with van der Waals surface area (Å²) in [5, 5.41) is 12.6. The van der Waals surface area contributed by atoms with Crippen LogP contribution in [0.3, 0.4) is 0 Å². The highest BCUT2D eigenvalue weighted by molar-refractivity contribution is 5.31. The molecule has 4 nitrogen and oxygen atoms in total. The molecule has 1 aliphatic heterocycles. The minimum atomic E-state index is -0.449. The highest BCUT2D eigenvalue weighted by Crippen LogP contribution is 2.22. The first-order chi connectivity index (χ1) is 8.71. The minimum absolute atomic E-state index is 0.0153. The highest BCUT2D eigenvalue weighted by Gasteiger charge is 2.33. The van der Waals surface area contributed by atoms with Crippen molar-refractivity contribution in [1.82, 2.24) is 5.32 Å². The molecule has 1 heterocycles. The zero-order valence-corrected chi connectivity index (χ0v) is 10.4. The Bertz CT molecular complexity index is 405. The maximum Gasteiger partial charge on any atom is 0.169 e. The average Bonchev–Trinajstić information content (AvgIpc) is 2.87. The molecule has 0 amide bonds. The van der Waals surface area contributed by atoms with E-state index in [0.29, 0.717) is 25.3 Å². The molecular weight excluding hydrogens is 237 g/mol. The van der Waals surface area contributed by atoms with Gasteiger partial charge in [0, 0.05) is 18.7 Å². The second-order valence-corrected chi connectivity index (χ2v) is 4.53. The Morgan fingerprint density at radius 3 is 3.00 bits per heavy atom. The van der Waals surface area contributed by atoms with Crippen molar-refractivity contribution in [2.45, 2.75) is 18.5 Å². The third kappa shape index (κ3) is 2.63. The van der Waals surface area contributed by atoms with Crippen LogP contribution in [0.2, 0.25) is 0 Å². The molecule has 1 fully saturated rings. The van der Waals surface area contributed by atoms with E-state index in [9.17, 15) is 9.50 Å². The number of hydrogen-bond donors (Lipinski definition) is 2. The summed E-state index contributed by atoms with van der Waals surface area (Å²) in [4.78, 5) is 0. The molecule has 2 rings (SSSR count). The number of halogens is 1. The Morgan fingerprint density at radius 1 is 1.56 bits per heavy atom. The van der Waals surface area contributed by atoms with Gasteiger partial charge in [0.1, 0.15) is 0 Å². The van der Waals surface area contributed by atoms with Crippen LogP contribution in [0.15, 0.2) is 18.2 Å². The molecule has 5 heteroatoms. The average molecular weight is 255 g/mol.